The maximum Gasteiger partial charge on any atom is 0.231 e. The van der Waals surface area contributed by atoms with Gasteiger partial charge in [-0.25, -0.2) is 9.07 Å². The lowest BCUT2D eigenvalue weighted by molar-refractivity contribution is 0.111. The van der Waals surface area contributed by atoms with Crippen molar-refractivity contribution in [3.8, 4) is 28.4 Å². The van der Waals surface area contributed by atoms with Crippen molar-refractivity contribution in [1.82, 2.24) is 15.0 Å². The molecule has 0 spiro atoms. The van der Waals surface area contributed by atoms with E-state index in [2.05, 4.69) is 10.3 Å². The van der Waals surface area contributed by atoms with E-state index in [1.807, 2.05) is 0 Å². The fourth-order valence-electron chi connectivity index (χ4n) is 2.48. The van der Waals surface area contributed by atoms with Gasteiger partial charge >= 0.3 is 0 Å². The van der Waals surface area contributed by atoms with Crippen molar-refractivity contribution in [2.24, 2.45) is 0 Å². The minimum Gasteiger partial charge on any atom is -0.454 e. The van der Waals surface area contributed by atoms with Gasteiger partial charge < -0.3 is 9.47 Å². The average molecular weight is 311 g/mol. The largest absolute Gasteiger partial charge is 0.454 e. The fraction of sp³-hybridized carbons (Fsp3) is 0.0625. The van der Waals surface area contributed by atoms with Gasteiger partial charge in [0.15, 0.2) is 23.5 Å². The molecule has 0 atom stereocenters. The Morgan fingerprint density at radius 1 is 1.13 bits per heavy atom. The van der Waals surface area contributed by atoms with E-state index in [1.165, 1.54) is 16.8 Å². The molecule has 0 saturated carbocycles. The molecule has 114 valence electrons. The standard InChI is InChI=1S/C16H10FN3O3/c17-11-3-1-2-10(6-11)16-13(8-21)18-19-20(16)12-4-5-14-15(7-12)23-9-22-14/h1-8H,9H2. The number of hydrogen-bond donors (Lipinski definition) is 0. The molecule has 23 heavy (non-hydrogen) atoms. The molecule has 0 saturated heterocycles. The first kappa shape index (κ1) is 13.4. The summed E-state index contributed by atoms with van der Waals surface area (Å²) >= 11 is 0. The molecule has 0 N–H and O–H groups in total. The smallest absolute Gasteiger partial charge is 0.231 e. The highest BCUT2D eigenvalue weighted by molar-refractivity contribution is 5.84. The normalized spacial score (nSPS) is 12.4. The number of carbonyl (C=O) groups excluding carboxylic acids is 1. The summed E-state index contributed by atoms with van der Waals surface area (Å²) in [7, 11) is 0. The van der Waals surface area contributed by atoms with Gasteiger partial charge in [-0.15, -0.1) is 5.10 Å². The lowest BCUT2D eigenvalue weighted by Gasteiger charge is -2.08. The highest BCUT2D eigenvalue weighted by Crippen LogP contribution is 2.35. The molecule has 1 aliphatic heterocycles. The molecule has 0 aliphatic carbocycles. The molecule has 0 radical (unpaired) electrons. The minimum atomic E-state index is -0.405. The summed E-state index contributed by atoms with van der Waals surface area (Å²) in [6.45, 7) is 0.159. The van der Waals surface area contributed by atoms with Crippen LogP contribution < -0.4 is 9.47 Å². The third-order valence-electron chi connectivity index (χ3n) is 3.51. The fourth-order valence-corrected chi connectivity index (χ4v) is 2.48. The number of ether oxygens (including phenoxy) is 2. The van der Waals surface area contributed by atoms with E-state index in [0.717, 1.165) is 0 Å². The second kappa shape index (κ2) is 5.20. The molecule has 3 aromatic rings. The number of aldehydes is 1. The number of carbonyl (C=O) groups is 1. The maximum absolute atomic E-state index is 13.5. The van der Waals surface area contributed by atoms with Crippen LogP contribution in [0.15, 0.2) is 42.5 Å². The summed E-state index contributed by atoms with van der Waals surface area (Å²) in [5.41, 5.74) is 1.69. The van der Waals surface area contributed by atoms with Crippen LogP contribution in [0.5, 0.6) is 11.5 Å². The molecule has 2 heterocycles. The van der Waals surface area contributed by atoms with Crippen molar-refractivity contribution in [2.75, 3.05) is 6.79 Å². The van der Waals surface area contributed by atoms with Crippen LogP contribution in [-0.4, -0.2) is 28.1 Å². The number of hydrogen-bond acceptors (Lipinski definition) is 5. The van der Waals surface area contributed by atoms with Gasteiger partial charge in [-0.2, -0.15) is 0 Å². The second-order valence-corrected chi connectivity index (χ2v) is 4.90. The van der Waals surface area contributed by atoms with Gasteiger partial charge in [0, 0.05) is 11.6 Å². The van der Waals surface area contributed by atoms with E-state index in [9.17, 15) is 9.18 Å². The van der Waals surface area contributed by atoms with Crippen LogP contribution >= 0.6 is 0 Å². The Morgan fingerprint density at radius 3 is 2.83 bits per heavy atom. The van der Waals surface area contributed by atoms with Crippen molar-refractivity contribution >= 4 is 6.29 Å². The maximum atomic E-state index is 13.5. The van der Waals surface area contributed by atoms with Crippen LogP contribution in [0.3, 0.4) is 0 Å². The molecule has 4 rings (SSSR count). The zero-order valence-corrected chi connectivity index (χ0v) is 11.8. The van der Waals surface area contributed by atoms with Gasteiger partial charge in [-0.1, -0.05) is 17.3 Å². The van der Waals surface area contributed by atoms with Crippen molar-refractivity contribution in [1.29, 1.82) is 0 Å². The molecule has 1 aromatic heterocycles. The Labute approximate surface area is 130 Å². The summed E-state index contributed by atoms with van der Waals surface area (Å²) in [4.78, 5) is 11.3. The van der Waals surface area contributed by atoms with Crippen LogP contribution in [0, 0.1) is 5.82 Å². The number of aromatic nitrogens is 3. The van der Waals surface area contributed by atoms with E-state index in [-0.39, 0.29) is 12.5 Å². The quantitative estimate of drug-likeness (QED) is 0.696. The van der Waals surface area contributed by atoms with E-state index < -0.39 is 5.82 Å². The third kappa shape index (κ3) is 2.22. The Balaban J connectivity index is 1.90. The summed E-state index contributed by atoms with van der Waals surface area (Å²) in [5.74, 6) is 0.811. The predicted octanol–water partition coefficient (Wildman–Crippen LogP) is 2.61. The summed E-state index contributed by atoms with van der Waals surface area (Å²) in [5, 5.41) is 7.87. The first-order valence-corrected chi connectivity index (χ1v) is 6.83. The third-order valence-corrected chi connectivity index (χ3v) is 3.51. The monoisotopic (exact) mass is 311 g/mol. The number of halogens is 1. The van der Waals surface area contributed by atoms with Crippen LogP contribution in [0.25, 0.3) is 16.9 Å². The van der Waals surface area contributed by atoms with Crippen molar-refractivity contribution in [3.05, 3.63) is 54.0 Å². The Hall–Kier alpha value is -3.22. The second-order valence-electron chi connectivity index (χ2n) is 4.90. The lowest BCUT2D eigenvalue weighted by atomic mass is 10.1. The molecular weight excluding hydrogens is 301 g/mol. The number of benzene rings is 2. The summed E-state index contributed by atoms with van der Waals surface area (Å²) < 4.78 is 25.6. The first-order valence-electron chi connectivity index (χ1n) is 6.83. The molecule has 1 aliphatic rings. The molecular formula is C16H10FN3O3. The lowest BCUT2D eigenvalue weighted by Crippen LogP contribution is -2.00. The molecule has 6 nitrogen and oxygen atoms in total. The summed E-state index contributed by atoms with van der Waals surface area (Å²) in [6.07, 6.45) is 0.594. The average Bonchev–Trinajstić information content (AvgIpc) is 3.20. The first-order chi connectivity index (χ1) is 11.3. The van der Waals surface area contributed by atoms with Gasteiger partial charge in [0.05, 0.1) is 5.69 Å². The van der Waals surface area contributed by atoms with Gasteiger partial charge in [0.2, 0.25) is 6.79 Å². The molecule has 0 unspecified atom stereocenters. The number of nitrogens with zero attached hydrogens (tertiary/aromatic N) is 3. The molecule has 0 fully saturated rings. The van der Waals surface area contributed by atoms with Crippen LogP contribution in [0.1, 0.15) is 10.5 Å². The Bertz CT molecular complexity index is 907. The predicted molar refractivity (Wildman–Crippen MR) is 78.3 cm³/mol. The van der Waals surface area contributed by atoms with Gasteiger partial charge in [0.1, 0.15) is 11.5 Å². The molecule has 0 amide bonds. The number of rotatable bonds is 3. The minimum absolute atomic E-state index is 0.133. The van der Waals surface area contributed by atoms with Crippen LogP contribution in [-0.2, 0) is 0 Å². The Morgan fingerprint density at radius 2 is 2.00 bits per heavy atom. The van der Waals surface area contributed by atoms with E-state index >= 15 is 0 Å². The van der Waals surface area contributed by atoms with Crippen LogP contribution in [0.4, 0.5) is 4.39 Å². The van der Waals surface area contributed by atoms with Crippen LogP contribution in [0.2, 0.25) is 0 Å². The van der Waals surface area contributed by atoms with E-state index in [0.29, 0.717) is 34.7 Å². The Kier molecular flexibility index (Phi) is 3.04. The van der Waals surface area contributed by atoms with Gasteiger partial charge in [0.25, 0.3) is 0 Å². The zero-order valence-electron chi connectivity index (χ0n) is 11.8. The van der Waals surface area contributed by atoms with E-state index in [4.69, 9.17) is 9.47 Å². The van der Waals surface area contributed by atoms with Gasteiger partial charge in [-0.05, 0) is 24.3 Å². The zero-order chi connectivity index (χ0) is 15.8. The van der Waals surface area contributed by atoms with Crippen molar-refractivity contribution in [3.63, 3.8) is 0 Å². The highest BCUT2D eigenvalue weighted by atomic mass is 19.1. The van der Waals surface area contributed by atoms with Crippen molar-refractivity contribution in [2.45, 2.75) is 0 Å². The van der Waals surface area contributed by atoms with Gasteiger partial charge in [-0.3, -0.25) is 4.79 Å². The topological polar surface area (TPSA) is 66.2 Å². The molecule has 0 bridgehead atoms. The molecule has 7 heteroatoms. The van der Waals surface area contributed by atoms with Crippen molar-refractivity contribution < 1.29 is 18.7 Å². The summed E-state index contributed by atoms with van der Waals surface area (Å²) in [6, 6.07) is 11.2. The highest BCUT2D eigenvalue weighted by Gasteiger charge is 2.19. The van der Waals surface area contributed by atoms with E-state index in [1.54, 1.807) is 30.3 Å². The molecule has 2 aromatic carbocycles. The SMILES string of the molecule is O=Cc1nnn(-c2ccc3c(c2)OCO3)c1-c1cccc(F)c1. The number of fused-ring (bicyclic) bond motifs is 1.